The van der Waals surface area contributed by atoms with Crippen LogP contribution in [0.25, 0.3) is 0 Å². The zero-order chi connectivity index (χ0) is 13.7. The first-order valence-electron chi connectivity index (χ1n) is 7.02. The summed E-state index contributed by atoms with van der Waals surface area (Å²) in [5.41, 5.74) is 6.15. The number of nitrogen functional groups attached to an aromatic ring is 1. The van der Waals surface area contributed by atoms with E-state index in [1.54, 1.807) is 0 Å². The molecule has 0 radical (unpaired) electrons. The third-order valence-electron chi connectivity index (χ3n) is 3.39. The van der Waals surface area contributed by atoms with Crippen LogP contribution in [-0.2, 0) is 0 Å². The second kappa shape index (κ2) is 6.57. The average Bonchev–Trinajstić information content (AvgIpc) is 3.22. The molecule has 1 aliphatic carbocycles. The molecule has 0 unspecified atom stereocenters. The number of hydrogen-bond acceptors (Lipinski definition) is 3. The fourth-order valence-corrected chi connectivity index (χ4v) is 2.22. The van der Waals surface area contributed by atoms with Gasteiger partial charge in [-0.1, -0.05) is 6.92 Å². The lowest BCUT2D eigenvalue weighted by Crippen LogP contribution is -2.31. The van der Waals surface area contributed by atoms with Crippen molar-refractivity contribution in [2.45, 2.75) is 32.2 Å². The average molecular weight is 261 g/mol. The molecule has 1 saturated carbocycles. The Morgan fingerprint density at radius 3 is 2.53 bits per heavy atom. The lowest BCUT2D eigenvalue weighted by atomic mass is 10.2. The molecule has 0 saturated heterocycles. The number of rotatable bonds is 8. The van der Waals surface area contributed by atoms with Crippen LogP contribution in [0.1, 0.15) is 31.7 Å². The van der Waals surface area contributed by atoms with Gasteiger partial charge in [0.1, 0.15) is 18.2 Å². The maximum Gasteiger partial charge on any atom is 0.122 e. The van der Waals surface area contributed by atoms with Crippen LogP contribution in [0.15, 0.2) is 24.3 Å². The van der Waals surface area contributed by atoms with E-state index in [0.717, 1.165) is 37.1 Å². The number of hydrogen-bond donors (Lipinski definition) is 2. The van der Waals surface area contributed by atoms with Gasteiger partial charge in [-0.2, -0.15) is 0 Å². The number of nitrogens with two attached hydrogens (primary N) is 1. The van der Waals surface area contributed by atoms with Crippen LogP contribution >= 0.6 is 0 Å². The lowest BCUT2D eigenvalue weighted by Gasteiger charge is -2.21. The van der Waals surface area contributed by atoms with E-state index in [2.05, 4.69) is 11.8 Å². The van der Waals surface area contributed by atoms with E-state index < -0.39 is 0 Å². The van der Waals surface area contributed by atoms with Crippen LogP contribution in [0, 0.1) is 5.41 Å². The van der Waals surface area contributed by atoms with Gasteiger partial charge in [-0.05, 0) is 50.1 Å². The van der Waals surface area contributed by atoms with E-state index in [9.17, 15) is 0 Å². The Morgan fingerprint density at radius 2 is 2.00 bits per heavy atom. The van der Waals surface area contributed by atoms with Gasteiger partial charge in [-0.25, -0.2) is 0 Å². The first-order valence-corrected chi connectivity index (χ1v) is 7.02. The molecule has 104 valence electrons. The maximum absolute atomic E-state index is 7.33. The van der Waals surface area contributed by atoms with Crippen molar-refractivity contribution in [1.82, 2.24) is 4.90 Å². The molecule has 4 nitrogen and oxygen atoms in total. The molecular formula is C15H23N3O. The molecule has 1 aromatic rings. The normalized spacial score (nSPS) is 14.6. The van der Waals surface area contributed by atoms with Crippen LogP contribution in [-0.4, -0.2) is 36.5 Å². The van der Waals surface area contributed by atoms with Crippen molar-refractivity contribution < 1.29 is 4.74 Å². The number of benzene rings is 1. The van der Waals surface area contributed by atoms with Crippen LogP contribution in [0.3, 0.4) is 0 Å². The molecule has 0 atom stereocenters. The number of nitrogens with one attached hydrogen (secondary N) is 1. The molecule has 1 aliphatic rings. The summed E-state index contributed by atoms with van der Waals surface area (Å²) in [6.45, 7) is 5.09. The minimum Gasteiger partial charge on any atom is -0.492 e. The first kappa shape index (κ1) is 13.9. The number of ether oxygens (including phenoxy) is 1. The summed E-state index contributed by atoms with van der Waals surface area (Å²) in [4.78, 5) is 2.52. The molecule has 4 heteroatoms. The summed E-state index contributed by atoms with van der Waals surface area (Å²) in [5.74, 6) is 0.937. The molecule has 0 bridgehead atoms. The smallest absolute Gasteiger partial charge is 0.122 e. The van der Waals surface area contributed by atoms with Gasteiger partial charge in [0, 0.05) is 18.2 Å². The summed E-state index contributed by atoms with van der Waals surface area (Å²) in [7, 11) is 0. The monoisotopic (exact) mass is 261 g/mol. The van der Waals surface area contributed by atoms with E-state index in [4.69, 9.17) is 15.9 Å². The summed E-state index contributed by atoms with van der Waals surface area (Å²) in [6.07, 6.45) is 3.88. The Bertz CT molecular complexity index is 412. The van der Waals surface area contributed by atoms with Crippen LogP contribution in [0.4, 0.5) is 0 Å². The van der Waals surface area contributed by atoms with Gasteiger partial charge in [0.25, 0.3) is 0 Å². The van der Waals surface area contributed by atoms with Gasteiger partial charge in [-0.15, -0.1) is 0 Å². The predicted octanol–water partition coefficient (Wildman–Crippen LogP) is 2.22. The van der Waals surface area contributed by atoms with Crippen molar-refractivity contribution in [3.63, 3.8) is 0 Å². The zero-order valence-corrected chi connectivity index (χ0v) is 11.6. The van der Waals surface area contributed by atoms with Crippen molar-refractivity contribution >= 4 is 5.84 Å². The standard InChI is InChI=1S/C15H23N3O/c1-2-9-18(13-5-6-13)10-11-19-14-7-3-12(4-8-14)15(16)17/h3-4,7-8,13H,2,5-6,9-11H2,1H3,(H3,16,17). The van der Waals surface area contributed by atoms with Crippen molar-refractivity contribution in [1.29, 1.82) is 5.41 Å². The second-order valence-electron chi connectivity index (χ2n) is 5.05. The highest BCUT2D eigenvalue weighted by atomic mass is 16.5. The Labute approximate surface area is 115 Å². The first-order chi connectivity index (χ1) is 9.20. The molecule has 0 aliphatic heterocycles. The van der Waals surface area contributed by atoms with Gasteiger partial charge in [0.2, 0.25) is 0 Å². The molecule has 1 fully saturated rings. The molecule has 2 rings (SSSR count). The molecule has 0 spiro atoms. The van der Waals surface area contributed by atoms with Crippen molar-refractivity contribution in [3.8, 4) is 5.75 Å². The fourth-order valence-electron chi connectivity index (χ4n) is 2.22. The molecule has 0 heterocycles. The Morgan fingerprint density at radius 1 is 1.32 bits per heavy atom. The molecular weight excluding hydrogens is 238 g/mol. The van der Waals surface area contributed by atoms with Crippen molar-refractivity contribution in [3.05, 3.63) is 29.8 Å². The Balaban J connectivity index is 1.76. The van der Waals surface area contributed by atoms with Crippen LogP contribution in [0.2, 0.25) is 0 Å². The molecule has 1 aromatic carbocycles. The van der Waals surface area contributed by atoms with E-state index >= 15 is 0 Å². The van der Waals surface area contributed by atoms with Gasteiger partial charge in [0.05, 0.1) is 0 Å². The third-order valence-corrected chi connectivity index (χ3v) is 3.39. The molecule has 0 amide bonds. The number of amidine groups is 1. The van der Waals surface area contributed by atoms with Gasteiger partial charge in [-0.3, -0.25) is 10.3 Å². The highest BCUT2D eigenvalue weighted by molar-refractivity contribution is 5.94. The predicted molar refractivity (Wildman–Crippen MR) is 77.8 cm³/mol. The minimum absolute atomic E-state index is 0.0920. The van der Waals surface area contributed by atoms with Gasteiger partial charge >= 0.3 is 0 Å². The summed E-state index contributed by atoms with van der Waals surface area (Å²) in [5, 5.41) is 7.33. The van der Waals surface area contributed by atoms with Crippen LogP contribution in [0.5, 0.6) is 5.75 Å². The Kier molecular flexibility index (Phi) is 4.80. The van der Waals surface area contributed by atoms with E-state index in [0.29, 0.717) is 0 Å². The summed E-state index contributed by atoms with van der Waals surface area (Å²) in [6, 6.07) is 8.18. The topological polar surface area (TPSA) is 62.3 Å². The number of nitrogens with zero attached hydrogens (tertiary/aromatic N) is 1. The fraction of sp³-hybridized carbons (Fsp3) is 0.533. The van der Waals surface area contributed by atoms with E-state index in [1.165, 1.54) is 19.3 Å². The Hall–Kier alpha value is -1.55. The molecule has 19 heavy (non-hydrogen) atoms. The van der Waals surface area contributed by atoms with Gasteiger partial charge < -0.3 is 10.5 Å². The van der Waals surface area contributed by atoms with Crippen molar-refractivity contribution in [2.75, 3.05) is 19.7 Å². The maximum atomic E-state index is 7.33. The van der Waals surface area contributed by atoms with Gasteiger partial charge in [0.15, 0.2) is 0 Å². The summed E-state index contributed by atoms with van der Waals surface area (Å²) < 4.78 is 5.74. The zero-order valence-electron chi connectivity index (χ0n) is 11.6. The van der Waals surface area contributed by atoms with E-state index in [1.807, 2.05) is 24.3 Å². The highest BCUT2D eigenvalue weighted by Crippen LogP contribution is 2.26. The largest absolute Gasteiger partial charge is 0.492 e. The SMILES string of the molecule is CCCN(CCOc1ccc(C(=N)N)cc1)C1CC1. The molecule has 3 N–H and O–H groups in total. The molecule has 0 aromatic heterocycles. The second-order valence-corrected chi connectivity index (χ2v) is 5.05. The lowest BCUT2D eigenvalue weighted by molar-refractivity contribution is 0.202. The van der Waals surface area contributed by atoms with Crippen molar-refractivity contribution in [2.24, 2.45) is 5.73 Å². The minimum atomic E-state index is 0.0920. The third kappa shape index (κ3) is 4.24. The van der Waals surface area contributed by atoms with E-state index in [-0.39, 0.29) is 5.84 Å². The quantitative estimate of drug-likeness (QED) is 0.557. The highest BCUT2D eigenvalue weighted by Gasteiger charge is 2.27. The summed E-state index contributed by atoms with van der Waals surface area (Å²) >= 11 is 0. The van der Waals surface area contributed by atoms with Crippen LogP contribution < -0.4 is 10.5 Å².